The van der Waals surface area contributed by atoms with Gasteiger partial charge in [-0.3, -0.25) is 10.1 Å². The van der Waals surface area contributed by atoms with E-state index in [0.717, 1.165) is 11.7 Å². The molecule has 2 rings (SSSR count). The van der Waals surface area contributed by atoms with Crippen LogP contribution >= 0.6 is 23.3 Å². The van der Waals surface area contributed by atoms with E-state index >= 15 is 0 Å². The fourth-order valence-electron chi connectivity index (χ4n) is 1.38. The number of halogens is 1. The summed E-state index contributed by atoms with van der Waals surface area (Å²) >= 11 is 7.11. The second kappa shape index (κ2) is 5.78. The molecule has 0 saturated carbocycles. The summed E-state index contributed by atoms with van der Waals surface area (Å²) in [7, 11) is 0. The quantitative estimate of drug-likeness (QED) is 0.658. The number of terminal acetylenes is 1. The molecule has 0 radical (unpaired) electrons. The molecule has 0 atom stereocenters. The lowest BCUT2D eigenvalue weighted by Crippen LogP contribution is -2.28. The number of aromatic nitrogens is 2. The Bertz CT molecular complexity index is 619. The zero-order valence-electron chi connectivity index (χ0n) is 9.24. The predicted octanol–water partition coefficient (Wildman–Crippen LogP) is 1.51. The molecule has 0 spiro atoms. The Morgan fingerprint density at radius 2 is 2.33 bits per heavy atom. The molecular weight excluding hydrogens is 272 g/mol. The second-order valence-corrected chi connectivity index (χ2v) is 4.35. The van der Waals surface area contributed by atoms with Crippen molar-refractivity contribution in [1.82, 2.24) is 14.1 Å². The van der Waals surface area contributed by atoms with Crippen molar-refractivity contribution in [3.8, 4) is 12.3 Å². The van der Waals surface area contributed by atoms with E-state index in [1.165, 1.54) is 0 Å². The number of carbonyl (C=O) groups excluding carboxylic acids is 1. The Kier molecular flexibility index (Phi) is 4.10. The Balaban J connectivity index is 2.16. The van der Waals surface area contributed by atoms with Gasteiger partial charge < -0.3 is 5.32 Å². The third-order valence-corrected chi connectivity index (χ3v) is 3.01. The standard InChI is InChI=1S/C11H9ClN4OS/c1-2-5-13-6-9(17)14-10-7(12)3-4-8-11(10)16-18-15-8/h1,3-4,13H,5-6H2,(H,14,17). The molecule has 2 N–H and O–H groups in total. The van der Waals surface area contributed by atoms with Crippen molar-refractivity contribution in [2.24, 2.45) is 0 Å². The van der Waals surface area contributed by atoms with Gasteiger partial charge in [-0.15, -0.1) is 6.42 Å². The van der Waals surface area contributed by atoms with Gasteiger partial charge >= 0.3 is 0 Å². The summed E-state index contributed by atoms with van der Waals surface area (Å²) in [5.41, 5.74) is 1.78. The van der Waals surface area contributed by atoms with Crippen molar-refractivity contribution >= 4 is 46.0 Å². The van der Waals surface area contributed by atoms with Gasteiger partial charge in [0.15, 0.2) is 0 Å². The van der Waals surface area contributed by atoms with Crippen molar-refractivity contribution in [1.29, 1.82) is 0 Å². The third kappa shape index (κ3) is 2.76. The maximum atomic E-state index is 11.7. The molecule has 0 bridgehead atoms. The molecule has 0 fully saturated rings. The highest BCUT2D eigenvalue weighted by molar-refractivity contribution is 7.00. The van der Waals surface area contributed by atoms with E-state index in [4.69, 9.17) is 18.0 Å². The molecule has 0 unspecified atom stereocenters. The van der Waals surface area contributed by atoms with Crippen molar-refractivity contribution in [3.63, 3.8) is 0 Å². The second-order valence-electron chi connectivity index (χ2n) is 3.41. The molecule has 5 nitrogen and oxygen atoms in total. The van der Waals surface area contributed by atoms with Gasteiger partial charge in [0.25, 0.3) is 0 Å². The summed E-state index contributed by atoms with van der Waals surface area (Å²) in [4.78, 5) is 11.7. The van der Waals surface area contributed by atoms with Crippen LogP contribution in [0.1, 0.15) is 0 Å². The van der Waals surface area contributed by atoms with E-state index in [0.29, 0.717) is 28.3 Å². The van der Waals surface area contributed by atoms with Gasteiger partial charge in [-0.05, 0) is 12.1 Å². The van der Waals surface area contributed by atoms with E-state index in [1.807, 2.05) is 0 Å². The highest BCUT2D eigenvalue weighted by Gasteiger charge is 2.12. The number of rotatable bonds is 4. The Morgan fingerprint density at radius 3 is 3.11 bits per heavy atom. The fraction of sp³-hybridized carbons (Fsp3) is 0.182. The van der Waals surface area contributed by atoms with Crippen LogP contribution in [0.3, 0.4) is 0 Å². The molecule has 0 aliphatic carbocycles. The number of amides is 1. The summed E-state index contributed by atoms with van der Waals surface area (Å²) in [6.45, 7) is 0.456. The number of fused-ring (bicyclic) bond motifs is 1. The average Bonchev–Trinajstić information content (AvgIpc) is 2.82. The number of hydrogen-bond acceptors (Lipinski definition) is 5. The van der Waals surface area contributed by atoms with Gasteiger partial charge in [-0.1, -0.05) is 17.5 Å². The van der Waals surface area contributed by atoms with E-state index in [-0.39, 0.29) is 12.5 Å². The molecule has 1 aromatic heterocycles. The monoisotopic (exact) mass is 280 g/mol. The summed E-state index contributed by atoms with van der Waals surface area (Å²) < 4.78 is 8.19. The Labute approximate surface area is 113 Å². The lowest BCUT2D eigenvalue weighted by Gasteiger charge is -2.07. The van der Waals surface area contributed by atoms with Crippen LogP contribution in [0, 0.1) is 12.3 Å². The van der Waals surface area contributed by atoms with Gasteiger partial charge in [0.05, 0.1) is 35.5 Å². The molecule has 0 aliphatic heterocycles. The minimum absolute atomic E-state index is 0.120. The first-order valence-electron chi connectivity index (χ1n) is 5.07. The van der Waals surface area contributed by atoms with Gasteiger partial charge in [-0.25, -0.2) is 0 Å². The molecule has 0 saturated heterocycles. The lowest BCUT2D eigenvalue weighted by molar-refractivity contribution is -0.115. The average molecular weight is 281 g/mol. The largest absolute Gasteiger partial charge is 0.322 e. The fourth-order valence-corrected chi connectivity index (χ4v) is 2.12. The molecule has 1 aromatic carbocycles. The molecule has 18 heavy (non-hydrogen) atoms. The van der Waals surface area contributed by atoms with Gasteiger partial charge in [0, 0.05) is 0 Å². The number of nitrogens with one attached hydrogen (secondary N) is 2. The Morgan fingerprint density at radius 1 is 1.50 bits per heavy atom. The number of hydrogen-bond donors (Lipinski definition) is 2. The van der Waals surface area contributed by atoms with Crippen LogP contribution in [0.5, 0.6) is 0 Å². The number of carbonyl (C=O) groups is 1. The SMILES string of the molecule is C#CCNCC(=O)Nc1c(Cl)ccc2nsnc12. The van der Waals surface area contributed by atoms with E-state index in [1.54, 1.807) is 12.1 Å². The zero-order valence-corrected chi connectivity index (χ0v) is 10.8. The number of anilines is 1. The summed E-state index contributed by atoms with van der Waals surface area (Å²) in [5.74, 6) is 2.16. The lowest BCUT2D eigenvalue weighted by atomic mass is 10.2. The highest BCUT2D eigenvalue weighted by atomic mass is 35.5. The molecule has 2 aromatic rings. The first-order chi connectivity index (χ1) is 8.72. The van der Waals surface area contributed by atoms with Crippen LogP contribution in [0.15, 0.2) is 12.1 Å². The number of nitrogens with zero attached hydrogens (tertiary/aromatic N) is 2. The molecule has 0 aliphatic rings. The maximum Gasteiger partial charge on any atom is 0.238 e. The first kappa shape index (κ1) is 12.8. The summed E-state index contributed by atoms with van der Waals surface area (Å²) in [6.07, 6.45) is 5.07. The first-order valence-corrected chi connectivity index (χ1v) is 6.18. The molecule has 92 valence electrons. The van der Waals surface area contributed by atoms with Gasteiger partial charge in [0.2, 0.25) is 5.91 Å². The normalized spacial score (nSPS) is 10.2. The highest BCUT2D eigenvalue weighted by Crippen LogP contribution is 2.29. The molecule has 1 amide bonds. The van der Waals surface area contributed by atoms with Crippen LogP contribution in [0.25, 0.3) is 11.0 Å². The predicted molar refractivity (Wildman–Crippen MR) is 72.8 cm³/mol. The molecular formula is C11H9ClN4OS. The van der Waals surface area contributed by atoms with Crippen LogP contribution in [-0.2, 0) is 4.79 Å². The van der Waals surface area contributed by atoms with Crippen LogP contribution < -0.4 is 10.6 Å². The van der Waals surface area contributed by atoms with E-state index < -0.39 is 0 Å². The molecule has 7 heteroatoms. The topological polar surface area (TPSA) is 66.9 Å². The van der Waals surface area contributed by atoms with Crippen molar-refractivity contribution < 1.29 is 4.79 Å². The van der Waals surface area contributed by atoms with E-state index in [2.05, 4.69) is 25.3 Å². The van der Waals surface area contributed by atoms with Crippen molar-refractivity contribution in [3.05, 3.63) is 17.2 Å². The Hall–Kier alpha value is -1.68. The van der Waals surface area contributed by atoms with Crippen LogP contribution in [0.4, 0.5) is 5.69 Å². The zero-order chi connectivity index (χ0) is 13.0. The summed E-state index contributed by atoms with van der Waals surface area (Å²) in [5, 5.41) is 5.92. The molecule has 1 heterocycles. The minimum atomic E-state index is -0.229. The van der Waals surface area contributed by atoms with Crippen LogP contribution in [0.2, 0.25) is 5.02 Å². The van der Waals surface area contributed by atoms with Gasteiger partial charge in [0.1, 0.15) is 11.0 Å². The third-order valence-electron chi connectivity index (χ3n) is 2.15. The minimum Gasteiger partial charge on any atom is -0.322 e. The smallest absolute Gasteiger partial charge is 0.238 e. The van der Waals surface area contributed by atoms with Crippen LogP contribution in [-0.4, -0.2) is 27.7 Å². The maximum absolute atomic E-state index is 11.7. The van der Waals surface area contributed by atoms with E-state index in [9.17, 15) is 4.79 Å². The van der Waals surface area contributed by atoms with Crippen molar-refractivity contribution in [2.45, 2.75) is 0 Å². The summed E-state index contributed by atoms with van der Waals surface area (Å²) in [6, 6.07) is 3.43. The number of benzene rings is 1. The van der Waals surface area contributed by atoms with Gasteiger partial charge in [-0.2, -0.15) is 8.75 Å². The van der Waals surface area contributed by atoms with Crippen molar-refractivity contribution in [2.75, 3.05) is 18.4 Å².